The van der Waals surface area contributed by atoms with Crippen LogP contribution in [0.3, 0.4) is 0 Å². The second-order valence-electron chi connectivity index (χ2n) is 7.95. The van der Waals surface area contributed by atoms with Gasteiger partial charge in [0.25, 0.3) is 5.91 Å². The molecular weight excluding hydrogens is 472 g/mol. The van der Waals surface area contributed by atoms with Crippen LogP contribution in [0.25, 0.3) is 5.69 Å². The van der Waals surface area contributed by atoms with E-state index in [0.717, 1.165) is 37.3 Å². The number of methoxy groups -OCH3 is 2. The van der Waals surface area contributed by atoms with Crippen LogP contribution in [-0.4, -0.2) is 54.9 Å². The summed E-state index contributed by atoms with van der Waals surface area (Å²) in [5.74, 6) is -1.49. The monoisotopic (exact) mass is 498 g/mol. The van der Waals surface area contributed by atoms with Gasteiger partial charge in [-0.05, 0) is 56.3 Å². The van der Waals surface area contributed by atoms with Crippen molar-refractivity contribution in [3.8, 4) is 5.69 Å². The molecule has 0 bridgehead atoms. The number of benzene rings is 2. The number of esters is 2. The van der Waals surface area contributed by atoms with E-state index >= 15 is 0 Å². The first-order valence-electron chi connectivity index (χ1n) is 11.0. The molecule has 0 atom stereocenters. The lowest BCUT2D eigenvalue weighted by molar-refractivity contribution is 0.0599. The maximum absolute atomic E-state index is 13.4. The maximum atomic E-state index is 13.4. The van der Waals surface area contributed by atoms with Crippen LogP contribution in [0.4, 0.5) is 5.69 Å². The van der Waals surface area contributed by atoms with Crippen molar-refractivity contribution >= 4 is 35.9 Å². The van der Waals surface area contributed by atoms with Gasteiger partial charge in [-0.2, -0.15) is 5.10 Å². The molecule has 35 heavy (non-hydrogen) atoms. The van der Waals surface area contributed by atoms with Crippen molar-refractivity contribution in [1.82, 2.24) is 15.1 Å². The molecule has 2 heterocycles. The van der Waals surface area contributed by atoms with Crippen LogP contribution in [0.2, 0.25) is 0 Å². The van der Waals surface area contributed by atoms with Gasteiger partial charge >= 0.3 is 11.9 Å². The molecule has 2 aromatic carbocycles. The van der Waals surface area contributed by atoms with Crippen LogP contribution in [-0.2, 0) is 9.47 Å². The van der Waals surface area contributed by atoms with Crippen LogP contribution in [0.15, 0.2) is 54.7 Å². The fourth-order valence-corrected chi connectivity index (χ4v) is 4.17. The average molecular weight is 499 g/mol. The number of para-hydroxylation sites is 1. The third-order valence-electron chi connectivity index (χ3n) is 5.81. The van der Waals surface area contributed by atoms with Crippen molar-refractivity contribution in [2.45, 2.75) is 18.8 Å². The van der Waals surface area contributed by atoms with Crippen LogP contribution in [0.1, 0.15) is 55.5 Å². The molecule has 1 saturated heterocycles. The number of hydrogen-bond acceptors (Lipinski definition) is 7. The minimum atomic E-state index is -0.631. The predicted octanol–water partition coefficient (Wildman–Crippen LogP) is 3.59. The second kappa shape index (κ2) is 11.6. The van der Waals surface area contributed by atoms with Gasteiger partial charge in [0.1, 0.15) is 0 Å². The predicted molar refractivity (Wildman–Crippen MR) is 133 cm³/mol. The maximum Gasteiger partial charge on any atom is 0.337 e. The van der Waals surface area contributed by atoms with Gasteiger partial charge in [-0.15, -0.1) is 12.4 Å². The highest BCUT2D eigenvalue weighted by atomic mass is 35.5. The Bertz CT molecular complexity index is 1170. The summed E-state index contributed by atoms with van der Waals surface area (Å²) in [4.78, 5) is 37.6. The number of carbonyl (C=O) groups excluding carboxylic acids is 3. The van der Waals surface area contributed by atoms with Crippen LogP contribution in [0.5, 0.6) is 0 Å². The molecule has 0 spiro atoms. The molecule has 2 N–H and O–H groups in total. The van der Waals surface area contributed by atoms with E-state index in [9.17, 15) is 14.4 Å². The van der Waals surface area contributed by atoms with Crippen LogP contribution >= 0.6 is 12.4 Å². The van der Waals surface area contributed by atoms with E-state index in [1.165, 1.54) is 32.4 Å². The Balaban J connectivity index is 0.00000342. The van der Waals surface area contributed by atoms with E-state index in [1.54, 1.807) is 6.20 Å². The molecule has 4 rings (SSSR count). The fourth-order valence-electron chi connectivity index (χ4n) is 4.17. The van der Waals surface area contributed by atoms with E-state index in [1.807, 2.05) is 35.0 Å². The first-order valence-corrected chi connectivity index (χ1v) is 11.0. The number of nitrogens with one attached hydrogen (secondary N) is 2. The highest BCUT2D eigenvalue weighted by Crippen LogP contribution is 2.31. The molecule has 0 unspecified atom stereocenters. The molecule has 0 aliphatic carbocycles. The topological polar surface area (TPSA) is 112 Å². The Morgan fingerprint density at radius 1 is 0.971 bits per heavy atom. The normalized spacial score (nSPS) is 13.4. The Hall–Kier alpha value is -3.69. The summed E-state index contributed by atoms with van der Waals surface area (Å²) in [5, 5.41) is 10.7. The summed E-state index contributed by atoms with van der Waals surface area (Å²) in [5.41, 5.74) is 2.67. The zero-order chi connectivity index (χ0) is 24.1. The first kappa shape index (κ1) is 25.9. The number of halogens is 1. The van der Waals surface area contributed by atoms with E-state index in [0.29, 0.717) is 5.56 Å². The molecule has 1 aliphatic heterocycles. The number of anilines is 1. The smallest absolute Gasteiger partial charge is 0.337 e. The van der Waals surface area contributed by atoms with Gasteiger partial charge < -0.3 is 20.1 Å². The van der Waals surface area contributed by atoms with Gasteiger partial charge in [0.15, 0.2) is 0 Å². The number of amides is 1. The molecule has 10 heteroatoms. The third kappa shape index (κ3) is 5.70. The highest BCUT2D eigenvalue weighted by molar-refractivity contribution is 6.06. The largest absolute Gasteiger partial charge is 0.465 e. The number of ether oxygens (including phenoxy) is 2. The molecule has 0 radical (unpaired) electrons. The molecule has 1 fully saturated rings. The standard InChI is InChI=1S/C25H26N4O5.ClH/c1-33-24(31)17-12-18(25(32)34-2)14-19(13-17)28-23(30)21-15-27-29(20-6-4-3-5-7-20)22(21)16-8-10-26-11-9-16;/h3-7,12-16,26H,8-11H2,1-2H3,(H,28,30);1H. The Kier molecular flexibility index (Phi) is 8.62. The van der Waals surface area contributed by atoms with Crippen molar-refractivity contribution in [2.75, 3.05) is 32.6 Å². The van der Waals surface area contributed by atoms with E-state index in [2.05, 4.69) is 15.7 Å². The Morgan fingerprint density at radius 2 is 1.57 bits per heavy atom. The molecule has 0 saturated carbocycles. The van der Waals surface area contributed by atoms with E-state index < -0.39 is 11.9 Å². The number of aromatic nitrogens is 2. The Morgan fingerprint density at radius 3 is 2.14 bits per heavy atom. The average Bonchev–Trinajstić information content (AvgIpc) is 3.34. The van der Waals surface area contributed by atoms with Gasteiger partial charge in [0.05, 0.1) is 48.5 Å². The minimum absolute atomic E-state index is 0. The van der Waals surface area contributed by atoms with Crippen LogP contribution < -0.4 is 10.6 Å². The summed E-state index contributed by atoms with van der Waals surface area (Å²) in [6, 6.07) is 14.0. The van der Waals surface area contributed by atoms with Gasteiger partial charge in [0.2, 0.25) is 0 Å². The summed E-state index contributed by atoms with van der Waals surface area (Å²) in [6.45, 7) is 1.71. The summed E-state index contributed by atoms with van der Waals surface area (Å²) in [6.07, 6.45) is 3.32. The molecule has 3 aromatic rings. The first-order chi connectivity index (χ1) is 16.5. The van der Waals surface area contributed by atoms with Gasteiger partial charge in [-0.25, -0.2) is 14.3 Å². The molecule has 9 nitrogen and oxygen atoms in total. The number of hydrogen-bond donors (Lipinski definition) is 2. The molecule has 1 aliphatic rings. The zero-order valence-electron chi connectivity index (χ0n) is 19.4. The van der Waals surface area contributed by atoms with Crippen LogP contribution in [0, 0.1) is 0 Å². The number of carbonyl (C=O) groups is 3. The lowest BCUT2D eigenvalue weighted by Gasteiger charge is -2.24. The third-order valence-corrected chi connectivity index (χ3v) is 5.81. The van der Waals surface area contributed by atoms with Crippen molar-refractivity contribution < 1.29 is 23.9 Å². The SMILES string of the molecule is COC(=O)c1cc(NC(=O)c2cnn(-c3ccccc3)c2C2CCNCC2)cc(C(=O)OC)c1.Cl. The highest BCUT2D eigenvalue weighted by Gasteiger charge is 2.27. The molecule has 184 valence electrons. The molecule has 1 aromatic heterocycles. The second-order valence-corrected chi connectivity index (χ2v) is 7.95. The van der Waals surface area contributed by atoms with Gasteiger partial charge in [0, 0.05) is 11.6 Å². The summed E-state index contributed by atoms with van der Waals surface area (Å²) in [7, 11) is 2.49. The summed E-state index contributed by atoms with van der Waals surface area (Å²) < 4.78 is 11.4. The van der Waals surface area contributed by atoms with Crippen molar-refractivity contribution in [1.29, 1.82) is 0 Å². The van der Waals surface area contributed by atoms with Gasteiger partial charge in [-0.3, -0.25) is 4.79 Å². The lowest BCUT2D eigenvalue weighted by Crippen LogP contribution is -2.29. The molecule has 1 amide bonds. The zero-order valence-corrected chi connectivity index (χ0v) is 20.3. The van der Waals surface area contributed by atoms with Crippen molar-refractivity contribution in [3.63, 3.8) is 0 Å². The van der Waals surface area contributed by atoms with Crippen molar-refractivity contribution in [3.05, 3.63) is 77.1 Å². The lowest BCUT2D eigenvalue weighted by atomic mass is 9.91. The van der Waals surface area contributed by atoms with Gasteiger partial charge in [-0.1, -0.05) is 18.2 Å². The Labute approximate surface area is 209 Å². The molecular formula is C25H27ClN4O5. The quantitative estimate of drug-likeness (QED) is 0.499. The number of rotatable bonds is 6. The fraction of sp³-hybridized carbons (Fsp3) is 0.280. The number of nitrogens with zero attached hydrogens (tertiary/aromatic N) is 2. The summed E-state index contributed by atoms with van der Waals surface area (Å²) >= 11 is 0. The van der Waals surface area contributed by atoms with E-state index in [-0.39, 0.29) is 41.0 Å². The number of piperidine rings is 1. The van der Waals surface area contributed by atoms with Crippen molar-refractivity contribution in [2.24, 2.45) is 0 Å². The van der Waals surface area contributed by atoms with E-state index in [4.69, 9.17) is 9.47 Å². The minimum Gasteiger partial charge on any atom is -0.465 e.